The molecule has 1 aromatic carbocycles. The summed E-state index contributed by atoms with van der Waals surface area (Å²) in [5, 5.41) is 2.91. The van der Waals surface area contributed by atoms with Crippen molar-refractivity contribution in [1.82, 2.24) is 10.2 Å². The average molecular weight is 361 g/mol. The van der Waals surface area contributed by atoms with Crippen molar-refractivity contribution in [2.24, 2.45) is 0 Å². The second-order valence-corrected chi connectivity index (χ2v) is 5.76. The predicted molar refractivity (Wildman–Crippen MR) is 74.3 cm³/mol. The summed E-state index contributed by atoms with van der Waals surface area (Å²) in [4.78, 5) is 1.52. The standard InChI is InChI=1S/C14H15ClF6N2/c15-11-2-1-9(14(19,20)21)7-10(11)12(8-13(16,17)18)23-5-3-22-4-6-23/h1-2,7,12,22H,3-6,8H2/t12-/m0/s1. The van der Waals surface area contributed by atoms with E-state index in [0.29, 0.717) is 26.2 Å². The van der Waals surface area contributed by atoms with Gasteiger partial charge < -0.3 is 5.32 Å². The maximum absolute atomic E-state index is 12.9. The Morgan fingerprint density at radius 1 is 1.09 bits per heavy atom. The molecule has 0 unspecified atom stereocenters. The summed E-state index contributed by atoms with van der Waals surface area (Å²) in [6.45, 7) is 1.58. The molecule has 23 heavy (non-hydrogen) atoms. The van der Waals surface area contributed by atoms with E-state index in [1.165, 1.54) is 4.90 Å². The van der Waals surface area contributed by atoms with Crippen LogP contribution in [-0.4, -0.2) is 37.3 Å². The van der Waals surface area contributed by atoms with E-state index in [4.69, 9.17) is 11.6 Å². The minimum Gasteiger partial charge on any atom is -0.314 e. The summed E-state index contributed by atoms with van der Waals surface area (Å²) in [5.74, 6) is 0. The lowest BCUT2D eigenvalue weighted by molar-refractivity contribution is -0.148. The molecule has 1 heterocycles. The lowest BCUT2D eigenvalue weighted by Crippen LogP contribution is -2.46. The van der Waals surface area contributed by atoms with Crippen LogP contribution in [0, 0.1) is 0 Å². The number of benzene rings is 1. The lowest BCUT2D eigenvalue weighted by Gasteiger charge is -2.36. The van der Waals surface area contributed by atoms with E-state index in [2.05, 4.69) is 5.32 Å². The average Bonchev–Trinajstić information content (AvgIpc) is 2.44. The van der Waals surface area contributed by atoms with Crippen LogP contribution in [0.3, 0.4) is 0 Å². The molecule has 2 nitrogen and oxygen atoms in total. The van der Waals surface area contributed by atoms with Crippen molar-refractivity contribution in [2.75, 3.05) is 26.2 Å². The number of piperazine rings is 1. The molecule has 0 aliphatic carbocycles. The second kappa shape index (κ2) is 6.86. The highest BCUT2D eigenvalue weighted by molar-refractivity contribution is 6.31. The third-order valence-electron chi connectivity index (χ3n) is 3.70. The summed E-state index contributed by atoms with van der Waals surface area (Å²) < 4.78 is 77.3. The van der Waals surface area contributed by atoms with Crippen LogP contribution in [0.2, 0.25) is 5.02 Å². The van der Waals surface area contributed by atoms with Crippen LogP contribution in [-0.2, 0) is 6.18 Å². The third kappa shape index (κ3) is 4.99. The number of hydrogen-bond donors (Lipinski definition) is 1. The van der Waals surface area contributed by atoms with Gasteiger partial charge in [0.25, 0.3) is 0 Å². The predicted octanol–water partition coefficient (Wildman–Crippen LogP) is 4.26. The molecule has 1 atom stereocenters. The van der Waals surface area contributed by atoms with E-state index in [9.17, 15) is 26.3 Å². The van der Waals surface area contributed by atoms with Gasteiger partial charge in [0, 0.05) is 37.2 Å². The molecule has 1 fully saturated rings. The van der Waals surface area contributed by atoms with Gasteiger partial charge >= 0.3 is 12.4 Å². The molecule has 0 amide bonds. The fraction of sp³-hybridized carbons (Fsp3) is 0.571. The number of hydrogen-bond acceptors (Lipinski definition) is 2. The molecule has 9 heteroatoms. The van der Waals surface area contributed by atoms with Gasteiger partial charge in [-0.3, -0.25) is 4.90 Å². The van der Waals surface area contributed by atoms with E-state index >= 15 is 0 Å². The van der Waals surface area contributed by atoms with Crippen molar-refractivity contribution in [1.29, 1.82) is 0 Å². The van der Waals surface area contributed by atoms with E-state index < -0.39 is 30.4 Å². The largest absolute Gasteiger partial charge is 0.416 e. The van der Waals surface area contributed by atoms with Crippen molar-refractivity contribution < 1.29 is 26.3 Å². The Balaban J connectivity index is 2.41. The highest BCUT2D eigenvalue weighted by Crippen LogP contribution is 2.40. The Hall–Kier alpha value is -0.990. The van der Waals surface area contributed by atoms with Gasteiger partial charge in [-0.2, -0.15) is 26.3 Å². The minimum atomic E-state index is -4.63. The van der Waals surface area contributed by atoms with E-state index in [0.717, 1.165) is 18.2 Å². The molecule has 1 aliphatic heterocycles. The lowest BCUT2D eigenvalue weighted by atomic mass is 9.98. The van der Waals surface area contributed by atoms with Gasteiger partial charge in [0.1, 0.15) is 0 Å². The molecule has 1 saturated heterocycles. The smallest absolute Gasteiger partial charge is 0.314 e. The van der Waals surface area contributed by atoms with Crippen LogP contribution < -0.4 is 5.32 Å². The summed E-state index contributed by atoms with van der Waals surface area (Å²) in [5.41, 5.74) is -1.14. The molecular formula is C14H15ClF6N2. The summed E-state index contributed by atoms with van der Waals surface area (Å²) in [6.07, 6.45) is -10.4. The molecule has 0 saturated carbocycles. The molecular weight excluding hydrogens is 346 g/mol. The van der Waals surface area contributed by atoms with E-state index in [1.54, 1.807) is 0 Å². The zero-order chi connectivity index (χ0) is 17.3. The first-order chi connectivity index (χ1) is 10.6. The molecule has 0 radical (unpaired) electrons. The quantitative estimate of drug-likeness (QED) is 0.810. The monoisotopic (exact) mass is 360 g/mol. The van der Waals surface area contributed by atoms with Gasteiger partial charge in [-0.1, -0.05) is 11.6 Å². The van der Waals surface area contributed by atoms with Crippen molar-refractivity contribution >= 4 is 11.6 Å². The van der Waals surface area contributed by atoms with Gasteiger partial charge in [0.2, 0.25) is 0 Å². The highest BCUT2D eigenvalue weighted by atomic mass is 35.5. The molecule has 0 aromatic heterocycles. The fourth-order valence-electron chi connectivity index (χ4n) is 2.62. The third-order valence-corrected chi connectivity index (χ3v) is 4.04. The normalized spacial score (nSPS) is 18.9. The Bertz CT molecular complexity index is 537. The first-order valence-electron chi connectivity index (χ1n) is 6.96. The Morgan fingerprint density at radius 2 is 1.70 bits per heavy atom. The van der Waals surface area contributed by atoms with Gasteiger partial charge in [0.15, 0.2) is 0 Å². The van der Waals surface area contributed by atoms with Gasteiger partial charge in [-0.15, -0.1) is 0 Å². The number of rotatable bonds is 3. The molecule has 1 aromatic rings. The van der Waals surface area contributed by atoms with Crippen molar-refractivity contribution in [3.63, 3.8) is 0 Å². The van der Waals surface area contributed by atoms with E-state index in [1.807, 2.05) is 0 Å². The van der Waals surface area contributed by atoms with Crippen LogP contribution >= 0.6 is 11.6 Å². The van der Waals surface area contributed by atoms with E-state index in [-0.39, 0.29) is 10.6 Å². The molecule has 2 rings (SSSR count). The van der Waals surface area contributed by atoms with Crippen LogP contribution in [0.4, 0.5) is 26.3 Å². The molecule has 0 spiro atoms. The highest BCUT2D eigenvalue weighted by Gasteiger charge is 2.38. The van der Waals surface area contributed by atoms with Crippen LogP contribution in [0.15, 0.2) is 18.2 Å². The Labute approximate surface area is 134 Å². The Kier molecular flexibility index (Phi) is 5.48. The van der Waals surface area contributed by atoms with Crippen molar-refractivity contribution in [3.05, 3.63) is 34.3 Å². The maximum atomic E-state index is 12.9. The molecule has 1 N–H and O–H groups in total. The number of nitrogens with zero attached hydrogens (tertiary/aromatic N) is 1. The SMILES string of the molecule is FC(F)(F)C[C@@H](c1cc(C(F)(F)F)ccc1Cl)N1CCNCC1. The summed E-state index contributed by atoms with van der Waals surface area (Å²) >= 11 is 5.91. The minimum absolute atomic E-state index is 0.0919. The van der Waals surface area contributed by atoms with Gasteiger partial charge in [0.05, 0.1) is 12.0 Å². The van der Waals surface area contributed by atoms with Gasteiger partial charge in [-0.25, -0.2) is 0 Å². The van der Waals surface area contributed by atoms with Crippen molar-refractivity contribution in [2.45, 2.75) is 24.8 Å². The van der Waals surface area contributed by atoms with Crippen LogP contribution in [0.5, 0.6) is 0 Å². The molecule has 130 valence electrons. The first kappa shape index (κ1) is 18.4. The number of halogens is 7. The first-order valence-corrected chi connectivity index (χ1v) is 7.34. The number of nitrogens with one attached hydrogen (secondary N) is 1. The second-order valence-electron chi connectivity index (χ2n) is 5.36. The van der Waals surface area contributed by atoms with Crippen LogP contribution in [0.1, 0.15) is 23.6 Å². The maximum Gasteiger partial charge on any atom is 0.416 e. The van der Waals surface area contributed by atoms with Gasteiger partial charge in [-0.05, 0) is 23.8 Å². The Morgan fingerprint density at radius 3 is 2.22 bits per heavy atom. The molecule has 1 aliphatic rings. The zero-order valence-corrected chi connectivity index (χ0v) is 12.7. The zero-order valence-electron chi connectivity index (χ0n) is 11.9. The van der Waals surface area contributed by atoms with Crippen molar-refractivity contribution in [3.8, 4) is 0 Å². The summed E-state index contributed by atoms with van der Waals surface area (Å²) in [7, 11) is 0. The van der Waals surface area contributed by atoms with Crippen LogP contribution in [0.25, 0.3) is 0 Å². The molecule has 0 bridgehead atoms. The number of alkyl halides is 6. The summed E-state index contributed by atoms with van der Waals surface area (Å²) in [6, 6.07) is 1.27. The fourth-order valence-corrected chi connectivity index (χ4v) is 2.87. The topological polar surface area (TPSA) is 15.3 Å².